The van der Waals surface area contributed by atoms with E-state index in [1.54, 1.807) is 13.8 Å². The Kier molecular flexibility index (Phi) is 3.86. The molecular formula is C10H17NO3. The standard InChI is InChI=1S/C10H17NO3/c1-7(2)6-8(12)11(5)10(3,4)9(13)14/h6H,1-5H3,(H,13,14). The number of hydrogen-bond acceptors (Lipinski definition) is 2. The van der Waals surface area contributed by atoms with E-state index in [2.05, 4.69) is 0 Å². The molecule has 0 rings (SSSR count). The first-order valence-electron chi connectivity index (χ1n) is 4.35. The lowest BCUT2D eigenvalue weighted by atomic mass is 10.0. The van der Waals surface area contributed by atoms with Crippen LogP contribution in [0.4, 0.5) is 0 Å². The maximum atomic E-state index is 11.5. The fourth-order valence-corrected chi connectivity index (χ4v) is 0.763. The molecule has 0 aromatic carbocycles. The molecule has 0 atom stereocenters. The second-order valence-corrected chi connectivity index (χ2v) is 3.98. The molecule has 0 aliphatic rings. The zero-order chi connectivity index (χ0) is 11.5. The summed E-state index contributed by atoms with van der Waals surface area (Å²) in [4.78, 5) is 23.5. The SMILES string of the molecule is CC(C)=CC(=O)N(C)C(C)(C)C(=O)O. The molecule has 80 valence electrons. The maximum absolute atomic E-state index is 11.5. The molecule has 0 heterocycles. The van der Waals surface area contributed by atoms with Gasteiger partial charge in [-0.1, -0.05) is 5.57 Å². The Hall–Kier alpha value is -1.32. The van der Waals surface area contributed by atoms with Gasteiger partial charge in [-0.05, 0) is 27.7 Å². The highest BCUT2D eigenvalue weighted by atomic mass is 16.4. The number of rotatable bonds is 3. The van der Waals surface area contributed by atoms with Crippen molar-refractivity contribution < 1.29 is 14.7 Å². The molecule has 14 heavy (non-hydrogen) atoms. The Morgan fingerprint density at radius 2 is 1.71 bits per heavy atom. The molecule has 4 nitrogen and oxygen atoms in total. The molecule has 4 heteroatoms. The van der Waals surface area contributed by atoms with Crippen LogP contribution >= 0.6 is 0 Å². The average Bonchev–Trinajstić information content (AvgIpc) is 2.01. The summed E-state index contributed by atoms with van der Waals surface area (Å²) in [5, 5.41) is 8.88. The van der Waals surface area contributed by atoms with Crippen molar-refractivity contribution in [1.82, 2.24) is 4.90 Å². The number of likely N-dealkylation sites (N-methyl/N-ethyl adjacent to an activating group) is 1. The van der Waals surface area contributed by atoms with Crippen LogP contribution in [-0.4, -0.2) is 34.5 Å². The van der Waals surface area contributed by atoms with Crippen LogP contribution in [0.5, 0.6) is 0 Å². The predicted molar refractivity (Wildman–Crippen MR) is 53.9 cm³/mol. The maximum Gasteiger partial charge on any atom is 0.329 e. The molecule has 0 bridgehead atoms. The van der Waals surface area contributed by atoms with Gasteiger partial charge in [0.15, 0.2) is 0 Å². The zero-order valence-corrected chi connectivity index (χ0v) is 9.29. The van der Waals surface area contributed by atoms with Crippen LogP contribution in [0.3, 0.4) is 0 Å². The van der Waals surface area contributed by atoms with E-state index < -0.39 is 11.5 Å². The minimum atomic E-state index is -1.18. The van der Waals surface area contributed by atoms with E-state index in [4.69, 9.17) is 5.11 Å². The highest BCUT2D eigenvalue weighted by molar-refractivity contribution is 5.92. The van der Waals surface area contributed by atoms with Crippen LogP contribution in [0.25, 0.3) is 0 Å². The Bertz CT molecular complexity index is 275. The van der Waals surface area contributed by atoms with Crippen molar-refractivity contribution in [2.45, 2.75) is 33.2 Å². The van der Waals surface area contributed by atoms with Gasteiger partial charge < -0.3 is 10.0 Å². The molecule has 1 amide bonds. The Labute approximate surface area is 84.2 Å². The highest BCUT2D eigenvalue weighted by Gasteiger charge is 2.34. The van der Waals surface area contributed by atoms with Gasteiger partial charge in [0.25, 0.3) is 0 Å². The summed E-state index contributed by atoms with van der Waals surface area (Å²) in [5.74, 6) is -1.31. The topological polar surface area (TPSA) is 57.6 Å². The lowest BCUT2D eigenvalue weighted by molar-refractivity contribution is -0.153. The number of allylic oxidation sites excluding steroid dienone is 1. The van der Waals surface area contributed by atoms with Crippen LogP contribution in [0, 0.1) is 0 Å². The second kappa shape index (κ2) is 4.26. The minimum Gasteiger partial charge on any atom is -0.480 e. The fourth-order valence-electron chi connectivity index (χ4n) is 0.763. The molecule has 0 spiro atoms. The van der Waals surface area contributed by atoms with Crippen molar-refractivity contribution in [1.29, 1.82) is 0 Å². The summed E-state index contributed by atoms with van der Waals surface area (Å²) in [6.07, 6.45) is 1.42. The van der Waals surface area contributed by atoms with Gasteiger partial charge in [0.2, 0.25) is 5.91 Å². The first-order valence-corrected chi connectivity index (χ1v) is 4.35. The van der Waals surface area contributed by atoms with Gasteiger partial charge in [-0.25, -0.2) is 4.79 Å². The van der Waals surface area contributed by atoms with Gasteiger partial charge in [-0.15, -0.1) is 0 Å². The Balaban J connectivity index is 4.79. The minimum absolute atomic E-state index is 0.294. The predicted octanol–water partition coefficient (Wildman–Crippen LogP) is 1.27. The van der Waals surface area contributed by atoms with Crippen LogP contribution in [-0.2, 0) is 9.59 Å². The molecule has 1 N–H and O–H groups in total. The van der Waals surface area contributed by atoms with Crippen LogP contribution in [0.15, 0.2) is 11.6 Å². The summed E-state index contributed by atoms with van der Waals surface area (Å²) in [5.41, 5.74) is -0.328. The highest BCUT2D eigenvalue weighted by Crippen LogP contribution is 2.13. The summed E-state index contributed by atoms with van der Waals surface area (Å²) in [6.45, 7) is 6.57. The number of carbonyl (C=O) groups is 2. The fraction of sp³-hybridized carbons (Fsp3) is 0.600. The normalized spacial score (nSPS) is 10.6. The van der Waals surface area contributed by atoms with E-state index in [-0.39, 0.29) is 5.91 Å². The van der Waals surface area contributed by atoms with Crippen molar-refractivity contribution in [3.63, 3.8) is 0 Å². The molecule has 0 radical (unpaired) electrons. The molecular weight excluding hydrogens is 182 g/mol. The third-order valence-electron chi connectivity index (χ3n) is 2.10. The van der Waals surface area contributed by atoms with E-state index in [1.807, 2.05) is 0 Å². The largest absolute Gasteiger partial charge is 0.480 e. The van der Waals surface area contributed by atoms with Crippen LogP contribution < -0.4 is 0 Å². The number of hydrogen-bond donors (Lipinski definition) is 1. The third-order valence-corrected chi connectivity index (χ3v) is 2.10. The van der Waals surface area contributed by atoms with E-state index in [1.165, 1.54) is 31.9 Å². The van der Waals surface area contributed by atoms with Gasteiger partial charge >= 0.3 is 5.97 Å². The van der Waals surface area contributed by atoms with Gasteiger partial charge in [0.1, 0.15) is 5.54 Å². The van der Waals surface area contributed by atoms with Crippen molar-refractivity contribution in [2.24, 2.45) is 0 Å². The molecule has 0 fully saturated rings. The average molecular weight is 199 g/mol. The van der Waals surface area contributed by atoms with Gasteiger partial charge in [-0.3, -0.25) is 4.79 Å². The monoisotopic (exact) mass is 199 g/mol. The quantitative estimate of drug-likeness (QED) is 0.696. The van der Waals surface area contributed by atoms with Crippen molar-refractivity contribution in [3.05, 3.63) is 11.6 Å². The van der Waals surface area contributed by atoms with Gasteiger partial charge in [0.05, 0.1) is 0 Å². The van der Waals surface area contributed by atoms with E-state index in [9.17, 15) is 9.59 Å². The molecule has 0 aromatic rings. The Morgan fingerprint density at radius 1 is 1.29 bits per heavy atom. The Morgan fingerprint density at radius 3 is 2.00 bits per heavy atom. The number of carbonyl (C=O) groups excluding carboxylic acids is 1. The molecule has 0 aliphatic carbocycles. The summed E-state index contributed by atoms with van der Waals surface area (Å²) < 4.78 is 0. The van der Waals surface area contributed by atoms with E-state index in [0.29, 0.717) is 0 Å². The summed E-state index contributed by atoms with van der Waals surface area (Å²) in [6, 6.07) is 0. The number of carboxylic acid groups (broad SMARTS) is 1. The second-order valence-electron chi connectivity index (χ2n) is 3.98. The third kappa shape index (κ3) is 2.87. The lowest BCUT2D eigenvalue weighted by Crippen LogP contribution is -2.50. The van der Waals surface area contributed by atoms with Crippen LogP contribution in [0.1, 0.15) is 27.7 Å². The smallest absolute Gasteiger partial charge is 0.329 e. The van der Waals surface area contributed by atoms with Gasteiger partial charge in [0, 0.05) is 13.1 Å². The molecule has 0 saturated carbocycles. The molecule has 0 aromatic heterocycles. The first kappa shape index (κ1) is 12.7. The number of nitrogens with zero attached hydrogens (tertiary/aromatic N) is 1. The molecule has 0 aliphatic heterocycles. The lowest BCUT2D eigenvalue weighted by Gasteiger charge is -2.30. The number of carboxylic acids is 1. The van der Waals surface area contributed by atoms with Crippen molar-refractivity contribution in [2.75, 3.05) is 7.05 Å². The molecule has 0 saturated heterocycles. The van der Waals surface area contributed by atoms with E-state index in [0.717, 1.165) is 5.57 Å². The summed E-state index contributed by atoms with van der Waals surface area (Å²) in [7, 11) is 1.48. The van der Waals surface area contributed by atoms with Gasteiger partial charge in [-0.2, -0.15) is 0 Å². The first-order chi connectivity index (χ1) is 6.19. The zero-order valence-electron chi connectivity index (χ0n) is 9.29. The van der Waals surface area contributed by atoms with E-state index >= 15 is 0 Å². The van der Waals surface area contributed by atoms with Crippen LogP contribution in [0.2, 0.25) is 0 Å². The molecule has 0 unspecified atom stereocenters. The van der Waals surface area contributed by atoms with Crippen molar-refractivity contribution in [3.8, 4) is 0 Å². The summed E-state index contributed by atoms with van der Waals surface area (Å²) >= 11 is 0. The number of aliphatic carboxylic acids is 1. The number of amides is 1. The van der Waals surface area contributed by atoms with Crippen molar-refractivity contribution >= 4 is 11.9 Å².